The number of rotatable bonds is 5. The Morgan fingerprint density at radius 2 is 1.02 bits per heavy atom. The summed E-state index contributed by atoms with van der Waals surface area (Å²) in [6, 6.07) is 67.8. The Morgan fingerprint density at radius 1 is 0.379 bits per heavy atom. The van der Waals surface area contributed by atoms with Crippen LogP contribution in [0.25, 0.3) is 88.0 Å². The van der Waals surface area contributed by atoms with Crippen molar-refractivity contribution < 1.29 is 8.83 Å². The van der Waals surface area contributed by atoms with Crippen LogP contribution in [0.4, 0.5) is 17.1 Å². The highest BCUT2D eigenvalue weighted by Crippen LogP contribution is 2.51. The Labute approximate surface area is 336 Å². The van der Waals surface area contributed by atoms with Gasteiger partial charge in [0.2, 0.25) is 0 Å². The number of nitrogens with zero attached hydrogens (tertiary/aromatic N) is 1. The summed E-state index contributed by atoms with van der Waals surface area (Å²) < 4.78 is 12.7. The van der Waals surface area contributed by atoms with Crippen molar-refractivity contribution in [3.8, 4) is 33.4 Å². The van der Waals surface area contributed by atoms with E-state index in [1.54, 1.807) is 0 Å². The molecule has 3 nitrogen and oxygen atoms in total. The van der Waals surface area contributed by atoms with Gasteiger partial charge in [-0.15, -0.1) is 0 Å². The third-order valence-corrected chi connectivity index (χ3v) is 12.5. The second kappa shape index (κ2) is 12.3. The molecule has 2 heterocycles. The highest BCUT2D eigenvalue weighted by Gasteiger charge is 2.35. The first-order chi connectivity index (χ1) is 28.5. The highest BCUT2D eigenvalue weighted by atomic mass is 16.3. The van der Waals surface area contributed by atoms with Gasteiger partial charge in [0.1, 0.15) is 22.3 Å². The Kier molecular flexibility index (Phi) is 6.98. The molecule has 0 fully saturated rings. The van der Waals surface area contributed by atoms with E-state index < -0.39 is 0 Å². The fourth-order valence-corrected chi connectivity index (χ4v) is 9.57. The molecule has 0 bridgehead atoms. The number of fused-ring (bicyclic) bond motifs is 11. The predicted molar refractivity (Wildman–Crippen MR) is 242 cm³/mol. The molecule has 274 valence electrons. The van der Waals surface area contributed by atoms with E-state index in [0.717, 1.165) is 88.6 Å². The smallest absolute Gasteiger partial charge is 0.143 e. The van der Waals surface area contributed by atoms with Gasteiger partial charge in [-0.05, 0) is 117 Å². The summed E-state index contributed by atoms with van der Waals surface area (Å²) in [5.41, 5.74) is 16.8. The Hall–Kier alpha value is -7.36. The van der Waals surface area contributed by atoms with Crippen LogP contribution in [0.15, 0.2) is 197 Å². The van der Waals surface area contributed by atoms with Crippen LogP contribution in [0, 0.1) is 0 Å². The number of benzene rings is 9. The number of hydrogen-bond donors (Lipinski definition) is 0. The molecule has 0 amide bonds. The molecular formula is C55H37NO2. The SMILES string of the molecule is CC1(C)c2ccccc2-c2ccc(N(c3ccc(-c4ccc5oc6ccccc6c5c4)cc3)c3ccc(-c4cccc5oc6c7ccccc7ccc6c45)cc3)cc21. The van der Waals surface area contributed by atoms with Crippen LogP contribution < -0.4 is 4.90 Å². The first-order valence-electron chi connectivity index (χ1n) is 20.0. The molecule has 11 aromatic rings. The topological polar surface area (TPSA) is 29.5 Å². The van der Waals surface area contributed by atoms with E-state index in [0.29, 0.717) is 0 Å². The van der Waals surface area contributed by atoms with Crippen molar-refractivity contribution in [3.05, 3.63) is 199 Å². The monoisotopic (exact) mass is 743 g/mol. The zero-order valence-corrected chi connectivity index (χ0v) is 32.2. The maximum Gasteiger partial charge on any atom is 0.143 e. The van der Waals surface area contributed by atoms with E-state index >= 15 is 0 Å². The van der Waals surface area contributed by atoms with E-state index in [9.17, 15) is 0 Å². The molecule has 0 unspecified atom stereocenters. The van der Waals surface area contributed by atoms with Crippen molar-refractivity contribution in [1.82, 2.24) is 0 Å². The first-order valence-corrected chi connectivity index (χ1v) is 20.0. The van der Waals surface area contributed by atoms with Crippen LogP contribution in [-0.2, 0) is 5.41 Å². The molecule has 1 aliphatic rings. The lowest BCUT2D eigenvalue weighted by Crippen LogP contribution is -2.16. The summed E-state index contributed by atoms with van der Waals surface area (Å²) in [6.07, 6.45) is 0. The van der Waals surface area contributed by atoms with E-state index in [-0.39, 0.29) is 5.41 Å². The van der Waals surface area contributed by atoms with Crippen LogP contribution in [-0.4, -0.2) is 0 Å². The van der Waals surface area contributed by atoms with Crippen molar-refractivity contribution in [2.75, 3.05) is 4.90 Å². The summed E-state index contributed by atoms with van der Waals surface area (Å²) in [6.45, 7) is 4.69. The standard InChI is InChI=1S/C55H37NO2/c1-55(2)48-15-7-5-12-43(48)44-30-28-40(33-49(44)55)56(38-24-18-34(19-25-38)37-23-31-51-47(32-37)45-13-6-8-16-50(45)57-51)39-26-20-36(21-27-39)41-14-9-17-52-53(41)46-29-22-35-10-3-4-11-42(35)54(46)58-52/h3-33H,1-2H3. The second-order valence-electron chi connectivity index (χ2n) is 16.1. The van der Waals surface area contributed by atoms with Crippen molar-refractivity contribution in [2.45, 2.75) is 19.3 Å². The molecule has 0 saturated heterocycles. The lowest BCUT2D eigenvalue weighted by atomic mass is 9.82. The van der Waals surface area contributed by atoms with Crippen LogP contribution >= 0.6 is 0 Å². The third-order valence-electron chi connectivity index (χ3n) is 12.5. The van der Waals surface area contributed by atoms with Gasteiger partial charge < -0.3 is 13.7 Å². The van der Waals surface area contributed by atoms with Crippen molar-refractivity contribution in [3.63, 3.8) is 0 Å². The van der Waals surface area contributed by atoms with Gasteiger partial charge in [-0.3, -0.25) is 0 Å². The van der Waals surface area contributed by atoms with E-state index in [1.807, 2.05) is 12.1 Å². The molecule has 9 aromatic carbocycles. The third kappa shape index (κ3) is 4.86. The van der Waals surface area contributed by atoms with Gasteiger partial charge in [-0.1, -0.05) is 135 Å². The van der Waals surface area contributed by atoms with Gasteiger partial charge in [0.05, 0.1) is 0 Å². The lowest BCUT2D eigenvalue weighted by molar-refractivity contribution is 0.660. The van der Waals surface area contributed by atoms with E-state index in [2.05, 4.69) is 195 Å². The predicted octanol–water partition coefficient (Wildman–Crippen LogP) is 15.7. The minimum absolute atomic E-state index is 0.116. The van der Waals surface area contributed by atoms with Crippen LogP contribution in [0.5, 0.6) is 0 Å². The molecule has 0 spiro atoms. The number of furan rings is 2. The fraction of sp³-hybridized carbons (Fsp3) is 0.0545. The average molecular weight is 744 g/mol. The molecule has 12 rings (SSSR count). The normalized spacial score (nSPS) is 13.1. The molecule has 1 aliphatic carbocycles. The van der Waals surface area contributed by atoms with Gasteiger partial charge in [-0.25, -0.2) is 0 Å². The number of para-hydroxylation sites is 1. The largest absolute Gasteiger partial charge is 0.456 e. The molecule has 0 atom stereocenters. The van der Waals surface area contributed by atoms with Crippen molar-refractivity contribution in [2.24, 2.45) is 0 Å². The van der Waals surface area contributed by atoms with Crippen molar-refractivity contribution >= 4 is 71.7 Å². The Balaban J connectivity index is 0.975. The van der Waals surface area contributed by atoms with Crippen LogP contribution in [0.2, 0.25) is 0 Å². The fourth-order valence-electron chi connectivity index (χ4n) is 9.57. The number of hydrogen-bond acceptors (Lipinski definition) is 3. The summed E-state index contributed by atoms with van der Waals surface area (Å²) in [7, 11) is 0. The summed E-state index contributed by atoms with van der Waals surface area (Å²) in [4.78, 5) is 2.39. The van der Waals surface area contributed by atoms with Gasteiger partial charge in [0.15, 0.2) is 0 Å². The summed E-state index contributed by atoms with van der Waals surface area (Å²) in [5, 5.41) is 6.86. The van der Waals surface area contributed by atoms with Crippen LogP contribution in [0.1, 0.15) is 25.0 Å². The molecule has 0 saturated carbocycles. The Bertz CT molecular complexity index is 3420. The van der Waals surface area contributed by atoms with Gasteiger partial charge in [0.25, 0.3) is 0 Å². The zero-order chi connectivity index (χ0) is 38.5. The molecule has 0 N–H and O–H groups in total. The maximum absolute atomic E-state index is 6.55. The molecule has 2 aromatic heterocycles. The molecule has 3 heteroatoms. The van der Waals surface area contributed by atoms with E-state index in [4.69, 9.17) is 8.83 Å². The summed E-state index contributed by atoms with van der Waals surface area (Å²) >= 11 is 0. The van der Waals surface area contributed by atoms with Gasteiger partial charge in [-0.2, -0.15) is 0 Å². The highest BCUT2D eigenvalue weighted by molar-refractivity contribution is 6.19. The van der Waals surface area contributed by atoms with Gasteiger partial charge >= 0.3 is 0 Å². The average Bonchev–Trinajstić information content (AvgIpc) is 3.92. The quantitative estimate of drug-likeness (QED) is 0.176. The Morgan fingerprint density at radius 3 is 1.86 bits per heavy atom. The molecular weight excluding hydrogens is 707 g/mol. The minimum atomic E-state index is -0.116. The van der Waals surface area contributed by atoms with E-state index in [1.165, 1.54) is 27.6 Å². The second-order valence-corrected chi connectivity index (χ2v) is 16.1. The maximum atomic E-state index is 6.55. The molecule has 0 aliphatic heterocycles. The summed E-state index contributed by atoms with van der Waals surface area (Å²) in [5.74, 6) is 0. The van der Waals surface area contributed by atoms with Crippen molar-refractivity contribution in [1.29, 1.82) is 0 Å². The first kappa shape index (κ1) is 32.8. The lowest BCUT2D eigenvalue weighted by Gasteiger charge is -2.28. The molecule has 0 radical (unpaired) electrons. The zero-order valence-electron chi connectivity index (χ0n) is 32.2. The van der Waals surface area contributed by atoms with Crippen LogP contribution in [0.3, 0.4) is 0 Å². The molecule has 58 heavy (non-hydrogen) atoms. The number of anilines is 3. The van der Waals surface area contributed by atoms with Gasteiger partial charge in [0, 0.05) is 49.4 Å². The minimum Gasteiger partial charge on any atom is -0.456 e.